The summed E-state index contributed by atoms with van der Waals surface area (Å²) in [6.45, 7) is 4.07. The highest BCUT2D eigenvalue weighted by molar-refractivity contribution is 5.99. The first kappa shape index (κ1) is 19.0. The van der Waals surface area contributed by atoms with Crippen LogP contribution in [0.15, 0.2) is 47.1 Å². The molecule has 142 valence electrons. The minimum Gasteiger partial charge on any atom is -0.497 e. The number of furan rings is 1. The van der Waals surface area contributed by atoms with Gasteiger partial charge < -0.3 is 14.1 Å². The highest BCUT2D eigenvalue weighted by Gasteiger charge is 2.27. The third kappa shape index (κ3) is 3.82. The minimum absolute atomic E-state index is 0.0340. The number of pyridine rings is 1. The summed E-state index contributed by atoms with van der Waals surface area (Å²) in [5.74, 6) is 0.971. The van der Waals surface area contributed by atoms with Crippen LogP contribution in [0, 0.1) is 6.92 Å². The molecule has 1 aromatic carbocycles. The Morgan fingerprint density at radius 2 is 2.15 bits per heavy atom. The Kier molecular flexibility index (Phi) is 5.79. The van der Waals surface area contributed by atoms with Gasteiger partial charge in [-0.2, -0.15) is 0 Å². The fourth-order valence-electron chi connectivity index (χ4n) is 3.39. The van der Waals surface area contributed by atoms with Crippen LogP contribution in [0.1, 0.15) is 53.9 Å². The first-order valence-corrected chi connectivity index (χ1v) is 9.31. The minimum atomic E-state index is -0.118. The summed E-state index contributed by atoms with van der Waals surface area (Å²) in [6, 6.07) is 9.52. The number of carbonyl (C=O) groups is 1. The molecule has 0 radical (unpaired) electrons. The summed E-state index contributed by atoms with van der Waals surface area (Å²) in [6.07, 6.45) is 6.58. The predicted octanol–water partition coefficient (Wildman–Crippen LogP) is 5.15. The van der Waals surface area contributed by atoms with Crippen molar-refractivity contribution in [3.8, 4) is 5.75 Å². The number of methoxy groups -OCH3 is 1. The fraction of sp³-hybridized carbons (Fsp3) is 0.364. The molecule has 0 saturated carbocycles. The third-order valence-corrected chi connectivity index (χ3v) is 5.03. The molecule has 0 aliphatic carbocycles. The molecule has 0 bridgehead atoms. The predicted molar refractivity (Wildman–Crippen MR) is 106 cm³/mol. The quantitative estimate of drug-likeness (QED) is 0.580. The van der Waals surface area contributed by atoms with E-state index in [9.17, 15) is 4.79 Å². The third-order valence-electron chi connectivity index (χ3n) is 5.03. The highest BCUT2D eigenvalue weighted by Crippen LogP contribution is 2.32. The summed E-state index contributed by atoms with van der Waals surface area (Å²) < 4.78 is 11.2. The smallest absolute Gasteiger partial charge is 0.290 e. The van der Waals surface area contributed by atoms with E-state index in [1.165, 1.54) is 0 Å². The molecule has 0 saturated heterocycles. The van der Waals surface area contributed by atoms with Crippen molar-refractivity contribution in [2.24, 2.45) is 0 Å². The molecular weight excluding hydrogens is 340 g/mol. The molecule has 1 atom stereocenters. The Balaban J connectivity index is 1.95. The normalized spacial score (nSPS) is 12.1. The monoisotopic (exact) mass is 366 g/mol. The number of hydrogen-bond donors (Lipinski definition) is 0. The van der Waals surface area contributed by atoms with Gasteiger partial charge in [0.15, 0.2) is 5.76 Å². The van der Waals surface area contributed by atoms with Gasteiger partial charge >= 0.3 is 0 Å². The SMILES string of the molecule is CCCC[C@H](c1cccnc1)N(C)C(=O)c1oc2cc(OC)ccc2c1C. The van der Waals surface area contributed by atoms with Crippen LogP contribution in [0.5, 0.6) is 5.75 Å². The van der Waals surface area contributed by atoms with Gasteiger partial charge in [-0.05, 0) is 37.1 Å². The molecule has 0 N–H and O–H groups in total. The number of ether oxygens (including phenoxy) is 1. The van der Waals surface area contributed by atoms with Crippen molar-refractivity contribution in [2.45, 2.75) is 39.2 Å². The number of unbranched alkanes of at least 4 members (excludes halogenated alkanes) is 1. The van der Waals surface area contributed by atoms with Gasteiger partial charge in [-0.15, -0.1) is 0 Å². The maximum atomic E-state index is 13.2. The Bertz CT molecular complexity index is 918. The number of fused-ring (bicyclic) bond motifs is 1. The van der Waals surface area contributed by atoms with E-state index in [1.807, 2.05) is 50.5 Å². The Morgan fingerprint density at radius 1 is 1.33 bits per heavy atom. The van der Waals surface area contributed by atoms with Crippen LogP contribution in [0.25, 0.3) is 11.0 Å². The highest BCUT2D eigenvalue weighted by atomic mass is 16.5. The lowest BCUT2D eigenvalue weighted by atomic mass is 10.0. The van der Waals surface area contributed by atoms with Crippen LogP contribution >= 0.6 is 0 Å². The second-order valence-corrected chi connectivity index (χ2v) is 6.78. The van der Waals surface area contributed by atoms with E-state index in [-0.39, 0.29) is 11.9 Å². The van der Waals surface area contributed by atoms with E-state index in [0.717, 1.165) is 35.8 Å². The number of amides is 1. The lowest BCUT2D eigenvalue weighted by molar-refractivity contribution is 0.0689. The van der Waals surface area contributed by atoms with Gasteiger partial charge in [-0.1, -0.05) is 25.8 Å². The Morgan fingerprint density at radius 3 is 2.81 bits per heavy atom. The molecule has 3 aromatic rings. The van der Waals surface area contributed by atoms with E-state index >= 15 is 0 Å². The van der Waals surface area contributed by atoms with Crippen molar-refractivity contribution < 1.29 is 13.9 Å². The second kappa shape index (κ2) is 8.25. The van der Waals surface area contributed by atoms with Gasteiger partial charge in [-0.25, -0.2) is 0 Å². The molecule has 2 heterocycles. The summed E-state index contributed by atoms with van der Waals surface area (Å²) in [7, 11) is 3.45. The average Bonchev–Trinajstić information content (AvgIpc) is 3.04. The standard InChI is InChI=1S/C22H26N2O3/c1-5-6-9-19(16-8-7-12-23-14-16)24(3)22(25)21-15(2)18-11-10-17(26-4)13-20(18)27-21/h7-8,10-14,19H,5-6,9H2,1-4H3/t19-/m1/s1. The van der Waals surface area contributed by atoms with E-state index < -0.39 is 0 Å². The van der Waals surface area contributed by atoms with Crippen molar-refractivity contribution in [1.29, 1.82) is 0 Å². The number of carbonyl (C=O) groups excluding carboxylic acids is 1. The number of benzene rings is 1. The van der Waals surface area contributed by atoms with Crippen LogP contribution in [0.3, 0.4) is 0 Å². The number of aryl methyl sites for hydroxylation is 1. The molecule has 1 amide bonds. The molecule has 0 fully saturated rings. The molecule has 2 aromatic heterocycles. The zero-order valence-corrected chi connectivity index (χ0v) is 16.4. The average molecular weight is 366 g/mol. The lowest BCUT2D eigenvalue weighted by Crippen LogP contribution is -2.31. The summed E-state index contributed by atoms with van der Waals surface area (Å²) in [5, 5.41) is 0.930. The van der Waals surface area contributed by atoms with E-state index in [2.05, 4.69) is 11.9 Å². The van der Waals surface area contributed by atoms with Crippen molar-refractivity contribution in [1.82, 2.24) is 9.88 Å². The van der Waals surface area contributed by atoms with Crippen LogP contribution in [-0.4, -0.2) is 29.9 Å². The lowest BCUT2D eigenvalue weighted by Gasteiger charge is -2.28. The zero-order chi connectivity index (χ0) is 19.4. The van der Waals surface area contributed by atoms with Gasteiger partial charge in [0.2, 0.25) is 0 Å². The van der Waals surface area contributed by atoms with Crippen LogP contribution in [-0.2, 0) is 0 Å². The van der Waals surface area contributed by atoms with Crippen LogP contribution in [0.4, 0.5) is 0 Å². The molecule has 5 nitrogen and oxygen atoms in total. The fourth-order valence-corrected chi connectivity index (χ4v) is 3.39. The topological polar surface area (TPSA) is 55.6 Å². The molecule has 5 heteroatoms. The summed E-state index contributed by atoms with van der Waals surface area (Å²) >= 11 is 0. The summed E-state index contributed by atoms with van der Waals surface area (Å²) in [4.78, 5) is 19.2. The Labute approximate surface area is 160 Å². The number of nitrogens with zero attached hydrogens (tertiary/aromatic N) is 2. The largest absolute Gasteiger partial charge is 0.497 e. The molecule has 0 aliphatic rings. The molecule has 0 spiro atoms. The van der Waals surface area contributed by atoms with E-state index in [0.29, 0.717) is 17.1 Å². The van der Waals surface area contributed by atoms with Crippen molar-refractivity contribution in [2.75, 3.05) is 14.2 Å². The Hall–Kier alpha value is -2.82. The molecular formula is C22H26N2O3. The molecule has 27 heavy (non-hydrogen) atoms. The van der Waals surface area contributed by atoms with E-state index in [4.69, 9.17) is 9.15 Å². The molecule has 3 rings (SSSR count). The second-order valence-electron chi connectivity index (χ2n) is 6.78. The van der Waals surface area contributed by atoms with Crippen molar-refractivity contribution >= 4 is 16.9 Å². The molecule has 0 aliphatic heterocycles. The van der Waals surface area contributed by atoms with E-state index in [1.54, 1.807) is 18.2 Å². The maximum Gasteiger partial charge on any atom is 0.290 e. The zero-order valence-electron chi connectivity index (χ0n) is 16.4. The number of aromatic nitrogens is 1. The van der Waals surface area contributed by atoms with Gasteiger partial charge in [0.05, 0.1) is 13.2 Å². The first-order chi connectivity index (χ1) is 13.1. The maximum absolute atomic E-state index is 13.2. The van der Waals surface area contributed by atoms with Gasteiger partial charge in [0.1, 0.15) is 11.3 Å². The first-order valence-electron chi connectivity index (χ1n) is 9.31. The number of rotatable bonds is 7. The summed E-state index contributed by atoms with van der Waals surface area (Å²) in [5.41, 5.74) is 2.55. The van der Waals surface area contributed by atoms with Crippen molar-refractivity contribution in [3.05, 3.63) is 59.6 Å². The number of hydrogen-bond acceptors (Lipinski definition) is 4. The van der Waals surface area contributed by atoms with Gasteiger partial charge in [-0.3, -0.25) is 9.78 Å². The van der Waals surface area contributed by atoms with Gasteiger partial charge in [0, 0.05) is 36.5 Å². The van der Waals surface area contributed by atoms with Gasteiger partial charge in [0.25, 0.3) is 5.91 Å². The molecule has 0 unspecified atom stereocenters. The van der Waals surface area contributed by atoms with Crippen LogP contribution in [0.2, 0.25) is 0 Å². The van der Waals surface area contributed by atoms with Crippen molar-refractivity contribution in [3.63, 3.8) is 0 Å². The van der Waals surface area contributed by atoms with Crippen LogP contribution < -0.4 is 4.74 Å².